The van der Waals surface area contributed by atoms with E-state index in [1.165, 1.54) is 0 Å². The fourth-order valence-electron chi connectivity index (χ4n) is 2.55. The van der Waals surface area contributed by atoms with Crippen molar-refractivity contribution in [2.24, 2.45) is 0 Å². The second-order valence-electron chi connectivity index (χ2n) is 5.02. The lowest BCUT2D eigenvalue weighted by atomic mass is 10.2. The molecule has 0 N–H and O–H groups in total. The zero-order valence-corrected chi connectivity index (χ0v) is 13.7. The number of hydrogen-bond acceptors (Lipinski definition) is 4. The lowest BCUT2D eigenvalue weighted by molar-refractivity contribution is -0.129. The minimum Gasteiger partial charge on any atom is -0.326 e. The third-order valence-electron chi connectivity index (χ3n) is 3.67. The van der Waals surface area contributed by atoms with Crippen LogP contribution in [-0.4, -0.2) is 58.5 Å². The monoisotopic (exact) mass is 344 g/mol. The Morgan fingerprint density at radius 3 is 1.55 bits per heavy atom. The molecular formula is C14H18Cl2N4O2. The molecule has 2 heterocycles. The number of halogens is 2. The van der Waals surface area contributed by atoms with E-state index < -0.39 is 0 Å². The van der Waals surface area contributed by atoms with Crippen molar-refractivity contribution in [2.45, 2.75) is 37.8 Å². The van der Waals surface area contributed by atoms with Gasteiger partial charge in [0.1, 0.15) is 23.8 Å². The Morgan fingerprint density at radius 1 is 0.909 bits per heavy atom. The SMILES string of the molecule is N#CC1CCCN1C(=O)CCl.N#CC1CCCN1C(=O)CCl. The molecule has 0 aliphatic carbocycles. The van der Waals surface area contributed by atoms with Crippen molar-refractivity contribution in [3.63, 3.8) is 0 Å². The van der Waals surface area contributed by atoms with Crippen molar-refractivity contribution in [1.82, 2.24) is 9.80 Å². The first kappa shape index (κ1) is 18.5. The van der Waals surface area contributed by atoms with Crippen molar-refractivity contribution in [3.8, 4) is 12.1 Å². The number of carbonyl (C=O) groups is 2. The van der Waals surface area contributed by atoms with Gasteiger partial charge in [0.2, 0.25) is 11.8 Å². The van der Waals surface area contributed by atoms with Crippen LogP contribution in [-0.2, 0) is 9.59 Å². The van der Waals surface area contributed by atoms with Crippen LogP contribution < -0.4 is 0 Å². The molecule has 6 nitrogen and oxygen atoms in total. The smallest absolute Gasteiger partial charge is 0.238 e. The van der Waals surface area contributed by atoms with E-state index in [1.54, 1.807) is 9.80 Å². The Labute approximate surface area is 140 Å². The molecule has 2 aliphatic rings. The molecule has 2 amide bonds. The van der Waals surface area contributed by atoms with Crippen LogP contribution in [0.2, 0.25) is 0 Å². The minimum absolute atomic E-state index is 0.0157. The third-order valence-corrected chi connectivity index (χ3v) is 4.13. The van der Waals surface area contributed by atoms with E-state index >= 15 is 0 Å². The Kier molecular flexibility index (Phi) is 8.01. The average Bonchev–Trinajstić information content (AvgIpc) is 3.22. The van der Waals surface area contributed by atoms with Gasteiger partial charge in [-0.3, -0.25) is 9.59 Å². The Morgan fingerprint density at radius 2 is 1.27 bits per heavy atom. The molecular weight excluding hydrogens is 327 g/mol. The molecule has 120 valence electrons. The molecule has 2 fully saturated rings. The summed E-state index contributed by atoms with van der Waals surface area (Å²) in [6, 6.07) is 3.68. The maximum absolute atomic E-state index is 11.0. The molecule has 0 radical (unpaired) electrons. The molecule has 2 aliphatic heterocycles. The first-order valence-electron chi connectivity index (χ1n) is 7.09. The Bertz CT molecular complexity index is 442. The second-order valence-corrected chi connectivity index (χ2v) is 5.55. The topological polar surface area (TPSA) is 88.2 Å². The number of amides is 2. The van der Waals surface area contributed by atoms with Crippen LogP contribution in [0, 0.1) is 22.7 Å². The number of nitriles is 2. The summed E-state index contributed by atoms with van der Waals surface area (Å²) >= 11 is 10.7. The van der Waals surface area contributed by atoms with Crippen molar-refractivity contribution in [3.05, 3.63) is 0 Å². The van der Waals surface area contributed by atoms with Crippen LogP contribution in [0.15, 0.2) is 0 Å². The van der Waals surface area contributed by atoms with E-state index in [1.807, 2.05) is 0 Å². The van der Waals surface area contributed by atoms with Gasteiger partial charge < -0.3 is 9.80 Å². The highest BCUT2D eigenvalue weighted by Crippen LogP contribution is 2.17. The summed E-state index contributed by atoms with van der Waals surface area (Å²) in [5.41, 5.74) is 0. The molecule has 2 saturated heterocycles. The van der Waals surface area contributed by atoms with E-state index in [0.29, 0.717) is 13.1 Å². The third kappa shape index (κ3) is 4.76. The van der Waals surface area contributed by atoms with Crippen molar-refractivity contribution < 1.29 is 9.59 Å². The first-order chi connectivity index (χ1) is 10.6. The predicted octanol–water partition coefficient (Wildman–Crippen LogP) is 1.48. The summed E-state index contributed by atoms with van der Waals surface area (Å²) < 4.78 is 0. The van der Waals surface area contributed by atoms with Gasteiger partial charge in [0.15, 0.2) is 0 Å². The van der Waals surface area contributed by atoms with Crippen molar-refractivity contribution >= 4 is 35.0 Å². The highest BCUT2D eigenvalue weighted by molar-refractivity contribution is 6.27. The molecule has 0 aromatic carbocycles. The van der Waals surface area contributed by atoms with Gasteiger partial charge in [-0.25, -0.2) is 0 Å². The summed E-state index contributed by atoms with van der Waals surface area (Å²) in [5, 5.41) is 17.2. The Hall–Kier alpha value is -1.50. The highest BCUT2D eigenvalue weighted by atomic mass is 35.5. The second kappa shape index (κ2) is 9.50. The van der Waals surface area contributed by atoms with E-state index in [0.717, 1.165) is 25.7 Å². The van der Waals surface area contributed by atoms with E-state index in [-0.39, 0.29) is 35.7 Å². The van der Waals surface area contributed by atoms with Crippen LogP contribution in [0.4, 0.5) is 0 Å². The first-order valence-corrected chi connectivity index (χ1v) is 8.16. The molecule has 22 heavy (non-hydrogen) atoms. The molecule has 2 rings (SSSR count). The van der Waals surface area contributed by atoms with E-state index in [4.69, 9.17) is 33.7 Å². The van der Waals surface area contributed by atoms with E-state index in [2.05, 4.69) is 12.1 Å². The fraction of sp³-hybridized carbons (Fsp3) is 0.714. The summed E-state index contributed by atoms with van der Waals surface area (Å²) in [7, 11) is 0. The van der Waals surface area contributed by atoms with Gasteiger partial charge in [-0.2, -0.15) is 10.5 Å². The normalized spacial score (nSPS) is 23.3. The molecule has 0 aromatic heterocycles. The molecule has 0 bridgehead atoms. The largest absolute Gasteiger partial charge is 0.326 e. The van der Waals surface area contributed by atoms with Crippen molar-refractivity contribution in [2.75, 3.05) is 24.8 Å². The lowest BCUT2D eigenvalue weighted by Gasteiger charge is -2.17. The van der Waals surface area contributed by atoms with Gasteiger partial charge in [-0.1, -0.05) is 0 Å². The van der Waals surface area contributed by atoms with Gasteiger partial charge in [0.25, 0.3) is 0 Å². The van der Waals surface area contributed by atoms with Crippen LogP contribution in [0.3, 0.4) is 0 Å². The number of carbonyl (C=O) groups excluding carboxylic acids is 2. The maximum Gasteiger partial charge on any atom is 0.238 e. The minimum atomic E-state index is -0.235. The van der Waals surface area contributed by atoms with Gasteiger partial charge in [0.05, 0.1) is 12.1 Å². The van der Waals surface area contributed by atoms with Crippen LogP contribution in [0.5, 0.6) is 0 Å². The zero-order valence-electron chi connectivity index (χ0n) is 12.2. The summed E-state index contributed by atoms with van der Waals surface area (Å²) in [5.74, 6) is -0.289. The van der Waals surface area contributed by atoms with Gasteiger partial charge >= 0.3 is 0 Å². The van der Waals surface area contributed by atoms with Crippen LogP contribution in [0.1, 0.15) is 25.7 Å². The molecule has 0 saturated carbocycles. The lowest BCUT2D eigenvalue weighted by Crippen LogP contribution is -2.35. The number of alkyl halides is 2. The number of likely N-dealkylation sites (tertiary alicyclic amines) is 2. The quantitative estimate of drug-likeness (QED) is 0.709. The molecule has 2 atom stereocenters. The number of nitrogens with zero attached hydrogens (tertiary/aromatic N) is 4. The van der Waals surface area contributed by atoms with Crippen molar-refractivity contribution in [1.29, 1.82) is 10.5 Å². The number of hydrogen-bond donors (Lipinski definition) is 0. The zero-order chi connectivity index (χ0) is 16.5. The summed E-state index contributed by atoms with van der Waals surface area (Å²) in [6.45, 7) is 1.37. The summed E-state index contributed by atoms with van der Waals surface area (Å²) in [6.07, 6.45) is 3.42. The van der Waals surface area contributed by atoms with Gasteiger partial charge in [-0.15, -0.1) is 23.2 Å². The molecule has 0 spiro atoms. The fourth-order valence-corrected chi connectivity index (χ4v) is 2.86. The average molecular weight is 345 g/mol. The molecule has 8 heteroatoms. The standard InChI is InChI=1S/2C7H9ClN2O/c2*8-4-7(11)10-3-1-2-6(10)5-9/h2*6H,1-4H2. The Balaban J connectivity index is 0.000000220. The van der Waals surface area contributed by atoms with Crippen LogP contribution >= 0.6 is 23.2 Å². The highest BCUT2D eigenvalue weighted by Gasteiger charge is 2.28. The maximum atomic E-state index is 11.0. The molecule has 2 unspecified atom stereocenters. The number of rotatable bonds is 2. The van der Waals surface area contributed by atoms with E-state index in [9.17, 15) is 9.59 Å². The van der Waals surface area contributed by atoms with Gasteiger partial charge in [-0.05, 0) is 25.7 Å². The predicted molar refractivity (Wildman–Crippen MR) is 82.1 cm³/mol. The van der Waals surface area contributed by atoms with Gasteiger partial charge in [0, 0.05) is 13.1 Å². The summed E-state index contributed by atoms with van der Waals surface area (Å²) in [4.78, 5) is 25.1. The molecule has 0 aromatic rings. The van der Waals surface area contributed by atoms with Crippen LogP contribution in [0.25, 0.3) is 0 Å².